The molecular weight excluding hydrogens is 436 g/mol. The molecule has 0 atom stereocenters. The Hall–Kier alpha value is -4.07. The van der Waals surface area contributed by atoms with Gasteiger partial charge in [0.2, 0.25) is 5.76 Å². The van der Waals surface area contributed by atoms with Crippen molar-refractivity contribution in [3.63, 3.8) is 0 Å². The second kappa shape index (κ2) is 11.2. The number of hydrogen-bond acceptors (Lipinski definition) is 6. The van der Waals surface area contributed by atoms with Crippen molar-refractivity contribution in [2.45, 2.75) is 38.3 Å². The second-order valence-electron chi connectivity index (χ2n) is 7.99. The Morgan fingerprint density at radius 1 is 0.912 bits per heavy atom. The van der Waals surface area contributed by atoms with Gasteiger partial charge in [0.05, 0.1) is 11.3 Å². The Labute approximate surface area is 197 Å². The molecule has 1 aliphatic carbocycles. The van der Waals surface area contributed by atoms with Crippen LogP contribution in [0, 0.1) is 0 Å². The Balaban J connectivity index is 1.27. The first-order valence-electron chi connectivity index (χ1n) is 11.2. The lowest BCUT2D eigenvalue weighted by Gasteiger charge is -2.15. The summed E-state index contributed by atoms with van der Waals surface area (Å²) < 4.78 is 16.1. The van der Waals surface area contributed by atoms with Crippen LogP contribution in [0.15, 0.2) is 71.1 Å². The van der Waals surface area contributed by atoms with Crippen LogP contribution < -0.4 is 15.4 Å². The minimum Gasteiger partial charge on any atom is -0.486 e. The number of para-hydroxylation sites is 2. The molecule has 0 spiro atoms. The van der Waals surface area contributed by atoms with Gasteiger partial charge in [0.1, 0.15) is 18.1 Å². The van der Waals surface area contributed by atoms with Crippen LogP contribution in [-0.4, -0.2) is 30.4 Å². The Morgan fingerprint density at radius 3 is 2.44 bits per heavy atom. The van der Waals surface area contributed by atoms with Gasteiger partial charge >= 0.3 is 5.97 Å². The van der Waals surface area contributed by atoms with E-state index in [9.17, 15) is 14.4 Å². The number of ether oxygens (including phenoxy) is 2. The molecule has 0 bridgehead atoms. The average molecular weight is 463 g/mol. The van der Waals surface area contributed by atoms with Crippen LogP contribution in [0.5, 0.6) is 5.75 Å². The van der Waals surface area contributed by atoms with Crippen LogP contribution in [0.3, 0.4) is 0 Å². The van der Waals surface area contributed by atoms with Crippen molar-refractivity contribution in [1.82, 2.24) is 5.32 Å². The molecule has 1 fully saturated rings. The number of nitrogens with one attached hydrogen (secondary N) is 2. The number of amides is 2. The SMILES string of the molecule is O=C(COC(=O)c1ccc(COc2ccccc2)o1)Nc1ccccc1C(=O)NC1CCCC1. The molecule has 3 aromatic rings. The number of esters is 1. The molecule has 1 heterocycles. The Bertz CT molecular complexity index is 1130. The van der Waals surface area contributed by atoms with E-state index in [0.717, 1.165) is 25.7 Å². The summed E-state index contributed by atoms with van der Waals surface area (Å²) in [5.41, 5.74) is 0.723. The van der Waals surface area contributed by atoms with E-state index in [2.05, 4.69) is 10.6 Å². The fraction of sp³-hybridized carbons (Fsp3) is 0.269. The average Bonchev–Trinajstić information content (AvgIpc) is 3.54. The van der Waals surface area contributed by atoms with Gasteiger partial charge in [0, 0.05) is 6.04 Å². The number of rotatable bonds is 9. The zero-order chi connectivity index (χ0) is 23.8. The molecule has 0 aliphatic heterocycles. The number of benzene rings is 2. The molecule has 8 heteroatoms. The first kappa shape index (κ1) is 23.1. The molecule has 176 valence electrons. The van der Waals surface area contributed by atoms with E-state index in [-0.39, 0.29) is 24.3 Å². The highest BCUT2D eigenvalue weighted by molar-refractivity contribution is 6.04. The molecule has 1 saturated carbocycles. The van der Waals surface area contributed by atoms with Crippen LogP contribution in [0.25, 0.3) is 0 Å². The van der Waals surface area contributed by atoms with Gasteiger partial charge in [-0.05, 0) is 49.2 Å². The van der Waals surface area contributed by atoms with Crippen molar-refractivity contribution in [2.75, 3.05) is 11.9 Å². The van der Waals surface area contributed by atoms with E-state index in [4.69, 9.17) is 13.9 Å². The number of furan rings is 1. The fourth-order valence-electron chi connectivity index (χ4n) is 3.75. The fourth-order valence-corrected chi connectivity index (χ4v) is 3.75. The maximum absolute atomic E-state index is 12.6. The molecule has 8 nitrogen and oxygen atoms in total. The van der Waals surface area contributed by atoms with E-state index >= 15 is 0 Å². The molecule has 0 radical (unpaired) electrons. The molecule has 2 aromatic carbocycles. The smallest absolute Gasteiger partial charge is 0.374 e. The van der Waals surface area contributed by atoms with Crippen molar-refractivity contribution in [3.05, 3.63) is 83.8 Å². The molecular formula is C26H26N2O6. The number of carbonyl (C=O) groups is 3. The molecule has 4 rings (SSSR count). The predicted molar refractivity (Wildman–Crippen MR) is 125 cm³/mol. The maximum Gasteiger partial charge on any atom is 0.374 e. The van der Waals surface area contributed by atoms with Crippen molar-refractivity contribution in [1.29, 1.82) is 0 Å². The van der Waals surface area contributed by atoms with E-state index in [1.54, 1.807) is 30.3 Å². The van der Waals surface area contributed by atoms with E-state index in [1.165, 1.54) is 6.07 Å². The Kier molecular flexibility index (Phi) is 7.60. The highest BCUT2D eigenvalue weighted by Crippen LogP contribution is 2.20. The third kappa shape index (κ3) is 6.25. The lowest BCUT2D eigenvalue weighted by Crippen LogP contribution is -2.33. The summed E-state index contributed by atoms with van der Waals surface area (Å²) in [6, 6.07) is 19.2. The first-order valence-corrected chi connectivity index (χ1v) is 11.2. The van der Waals surface area contributed by atoms with Gasteiger partial charge in [0.25, 0.3) is 11.8 Å². The highest BCUT2D eigenvalue weighted by atomic mass is 16.6. The minimum absolute atomic E-state index is 0.0317. The molecule has 2 amide bonds. The van der Waals surface area contributed by atoms with Crippen LogP contribution in [-0.2, 0) is 16.1 Å². The van der Waals surface area contributed by atoms with Crippen molar-refractivity contribution < 1.29 is 28.3 Å². The zero-order valence-corrected chi connectivity index (χ0v) is 18.6. The van der Waals surface area contributed by atoms with Crippen molar-refractivity contribution in [2.24, 2.45) is 0 Å². The summed E-state index contributed by atoms with van der Waals surface area (Å²) in [6.07, 6.45) is 4.13. The molecule has 1 aliphatic rings. The predicted octanol–water partition coefficient (Wildman–Crippen LogP) is 4.33. The van der Waals surface area contributed by atoms with E-state index < -0.39 is 18.5 Å². The summed E-state index contributed by atoms with van der Waals surface area (Å²) in [5.74, 6) is -0.474. The molecule has 0 unspecified atom stereocenters. The van der Waals surface area contributed by atoms with Gasteiger partial charge in [-0.25, -0.2) is 4.79 Å². The topological polar surface area (TPSA) is 107 Å². The number of carbonyl (C=O) groups excluding carboxylic acids is 3. The standard InChI is InChI=1S/C26H26N2O6/c29-24(28-22-13-7-6-12-21(22)25(30)27-18-8-4-5-9-18)17-33-26(31)23-15-14-20(34-23)16-32-19-10-2-1-3-11-19/h1-3,6-7,10-15,18H,4-5,8-9,16-17H2,(H,27,30)(H,28,29). The van der Waals surface area contributed by atoms with Gasteiger partial charge in [-0.15, -0.1) is 0 Å². The second-order valence-corrected chi connectivity index (χ2v) is 7.99. The third-order valence-electron chi connectivity index (χ3n) is 5.46. The van der Waals surface area contributed by atoms with Gasteiger partial charge in [-0.2, -0.15) is 0 Å². The van der Waals surface area contributed by atoms with E-state index in [0.29, 0.717) is 22.8 Å². The van der Waals surface area contributed by atoms with Crippen LogP contribution in [0.2, 0.25) is 0 Å². The van der Waals surface area contributed by atoms with Crippen LogP contribution >= 0.6 is 0 Å². The molecule has 1 aromatic heterocycles. The number of hydrogen-bond donors (Lipinski definition) is 2. The normalized spacial score (nSPS) is 13.3. The summed E-state index contributed by atoms with van der Waals surface area (Å²) in [7, 11) is 0. The highest BCUT2D eigenvalue weighted by Gasteiger charge is 2.21. The maximum atomic E-state index is 12.6. The summed E-state index contributed by atoms with van der Waals surface area (Å²) >= 11 is 0. The van der Waals surface area contributed by atoms with Crippen LogP contribution in [0.1, 0.15) is 52.4 Å². The van der Waals surface area contributed by atoms with Gasteiger partial charge in [0.15, 0.2) is 6.61 Å². The largest absolute Gasteiger partial charge is 0.486 e. The molecule has 34 heavy (non-hydrogen) atoms. The summed E-state index contributed by atoms with van der Waals surface area (Å²) in [4.78, 5) is 37.2. The van der Waals surface area contributed by atoms with Crippen molar-refractivity contribution >= 4 is 23.5 Å². The summed E-state index contributed by atoms with van der Waals surface area (Å²) in [5, 5.41) is 5.64. The van der Waals surface area contributed by atoms with Gasteiger partial charge < -0.3 is 24.5 Å². The lowest BCUT2D eigenvalue weighted by molar-refractivity contribution is -0.119. The third-order valence-corrected chi connectivity index (χ3v) is 5.46. The van der Waals surface area contributed by atoms with Crippen LogP contribution in [0.4, 0.5) is 5.69 Å². The summed E-state index contributed by atoms with van der Waals surface area (Å²) in [6.45, 7) is -0.370. The lowest BCUT2D eigenvalue weighted by atomic mass is 10.1. The Morgan fingerprint density at radius 2 is 1.65 bits per heavy atom. The van der Waals surface area contributed by atoms with Gasteiger partial charge in [-0.3, -0.25) is 9.59 Å². The first-order chi connectivity index (χ1) is 16.6. The van der Waals surface area contributed by atoms with Crippen molar-refractivity contribution in [3.8, 4) is 5.75 Å². The molecule has 2 N–H and O–H groups in total. The minimum atomic E-state index is -0.770. The monoisotopic (exact) mass is 462 g/mol. The van der Waals surface area contributed by atoms with Gasteiger partial charge in [-0.1, -0.05) is 43.2 Å². The number of anilines is 1. The molecule has 0 saturated heterocycles. The zero-order valence-electron chi connectivity index (χ0n) is 18.6. The quantitative estimate of drug-likeness (QED) is 0.459. The van der Waals surface area contributed by atoms with E-state index in [1.807, 2.05) is 30.3 Å².